The molecule has 1 saturated carbocycles. The van der Waals surface area contributed by atoms with Crippen LogP contribution in [-0.2, 0) is 17.6 Å². The first kappa shape index (κ1) is 28.0. The largest absolute Gasteiger partial charge is 0.480 e. The first-order valence-corrected chi connectivity index (χ1v) is 13.4. The molecule has 38 heavy (non-hydrogen) atoms. The van der Waals surface area contributed by atoms with Gasteiger partial charge in [0.05, 0.1) is 12.4 Å². The first-order chi connectivity index (χ1) is 18.2. The van der Waals surface area contributed by atoms with Crippen molar-refractivity contribution in [2.75, 3.05) is 32.8 Å². The molecule has 1 fully saturated rings. The number of ether oxygens (including phenoxy) is 2. The lowest BCUT2D eigenvalue weighted by molar-refractivity contribution is -0.119. The number of rotatable bonds is 10. The number of aromatic nitrogens is 3. The number of hydrogen-bond acceptors (Lipinski definition) is 7. The summed E-state index contributed by atoms with van der Waals surface area (Å²) < 4.78 is 36.8. The molecule has 0 bridgehead atoms. The quantitative estimate of drug-likeness (QED) is 0.419. The molecular weight excluding hydrogens is 492 g/mol. The normalized spacial score (nSPS) is 20.6. The van der Waals surface area contributed by atoms with E-state index < -0.39 is 12.5 Å². The van der Waals surface area contributed by atoms with Crippen LogP contribution in [0, 0.1) is 18.8 Å². The number of aryl methyl sites for hydroxylation is 1. The van der Waals surface area contributed by atoms with Crippen molar-refractivity contribution in [3.63, 3.8) is 0 Å². The minimum Gasteiger partial charge on any atom is -0.480 e. The summed E-state index contributed by atoms with van der Waals surface area (Å²) in [7, 11) is 0. The number of carbonyl (C=O) groups excluding carboxylic acids is 1. The van der Waals surface area contributed by atoms with Crippen LogP contribution < -0.4 is 9.47 Å². The van der Waals surface area contributed by atoms with Gasteiger partial charge in [0.25, 0.3) is 11.8 Å². The molecular formula is C28H37F2N5O3. The number of alkyl halides is 2. The summed E-state index contributed by atoms with van der Waals surface area (Å²) in [6, 6.07) is 3.66. The van der Waals surface area contributed by atoms with Gasteiger partial charge in [-0.3, -0.25) is 4.79 Å². The first-order valence-electron chi connectivity index (χ1n) is 13.4. The van der Waals surface area contributed by atoms with Crippen molar-refractivity contribution in [2.24, 2.45) is 16.8 Å². The lowest BCUT2D eigenvalue weighted by Crippen LogP contribution is -2.29. The molecule has 10 heteroatoms. The second kappa shape index (κ2) is 13.2. The molecule has 0 spiro atoms. The van der Waals surface area contributed by atoms with E-state index in [9.17, 15) is 13.6 Å². The summed E-state index contributed by atoms with van der Waals surface area (Å²) in [4.78, 5) is 31.2. The highest BCUT2D eigenvalue weighted by Crippen LogP contribution is 2.30. The SMILES string of the molecule is Cc1ncc(OCC(=O)N=CC2CCC(CCN3CCc4ccc(OCC(C)(F)F)nc4CC3)CC2)cn1. The second-order valence-corrected chi connectivity index (χ2v) is 10.5. The van der Waals surface area contributed by atoms with Crippen LogP contribution >= 0.6 is 0 Å². The molecule has 0 radical (unpaired) electrons. The predicted molar refractivity (Wildman–Crippen MR) is 140 cm³/mol. The Hall–Kier alpha value is -3.01. The zero-order chi connectivity index (χ0) is 27.0. The molecule has 0 N–H and O–H groups in total. The maximum absolute atomic E-state index is 13.1. The average molecular weight is 530 g/mol. The van der Waals surface area contributed by atoms with E-state index in [1.165, 1.54) is 5.56 Å². The Bertz CT molecular complexity index is 1080. The Balaban J connectivity index is 1.13. The molecule has 1 aliphatic carbocycles. The van der Waals surface area contributed by atoms with Gasteiger partial charge in [0, 0.05) is 44.4 Å². The summed E-state index contributed by atoms with van der Waals surface area (Å²) in [5.41, 5.74) is 2.13. The molecule has 0 saturated heterocycles. The maximum Gasteiger partial charge on any atom is 0.283 e. The van der Waals surface area contributed by atoms with Gasteiger partial charge in [-0.25, -0.2) is 28.7 Å². The smallest absolute Gasteiger partial charge is 0.283 e. The van der Waals surface area contributed by atoms with E-state index in [2.05, 4.69) is 24.8 Å². The van der Waals surface area contributed by atoms with E-state index in [1.807, 2.05) is 6.07 Å². The molecule has 3 heterocycles. The van der Waals surface area contributed by atoms with Crippen molar-refractivity contribution in [3.05, 3.63) is 41.6 Å². The van der Waals surface area contributed by atoms with Crippen LogP contribution in [0.15, 0.2) is 29.5 Å². The fraction of sp³-hybridized carbons (Fsp3) is 0.607. The number of halogens is 2. The average Bonchev–Trinajstić information content (AvgIpc) is 3.11. The Morgan fingerprint density at radius 3 is 2.61 bits per heavy atom. The lowest BCUT2D eigenvalue weighted by Gasteiger charge is -2.28. The van der Waals surface area contributed by atoms with Crippen LogP contribution in [0.5, 0.6) is 11.6 Å². The molecule has 1 aliphatic heterocycles. The van der Waals surface area contributed by atoms with E-state index in [1.54, 1.807) is 31.6 Å². The van der Waals surface area contributed by atoms with Crippen molar-refractivity contribution < 1.29 is 23.0 Å². The number of amides is 1. The number of fused-ring (bicyclic) bond motifs is 1. The van der Waals surface area contributed by atoms with Crippen molar-refractivity contribution >= 4 is 12.1 Å². The second-order valence-electron chi connectivity index (χ2n) is 10.5. The maximum atomic E-state index is 13.1. The van der Waals surface area contributed by atoms with E-state index in [-0.39, 0.29) is 18.4 Å². The van der Waals surface area contributed by atoms with Crippen LogP contribution in [0.1, 0.15) is 56.1 Å². The summed E-state index contributed by atoms with van der Waals surface area (Å²) >= 11 is 0. The minimum absolute atomic E-state index is 0.115. The number of pyridine rings is 1. The summed E-state index contributed by atoms with van der Waals surface area (Å²) in [5.74, 6) is -0.776. The molecule has 8 nitrogen and oxygen atoms in total. The van der Waals surface area contributed by atoms with Gasteiger partial charge in [-0.1, -0.05) is 6.07 Å². The zero-order valence-electron chi connectivity index (χ0n) is 22.2. The molecule has 2 aromatic heterocycles. The van der Waals surface area contributed by atoms with Crippen LogP contribution in [0.4, 0.5) is 8.78 Å². The topological polar surface area (TPSA) is 89.8 Å². The van der Waals surface area contributed by atoms with Gasteiger partial charge < -0.3 is 14.4 Å². The highest BCUT2D eigenvalue weighted by atomic mass is 19.3. The van der Waals surface area contributed by atoms with E-state index in [0.717, 1.165) is 77.2 Å². The molecule has 2 aliphatic rings. The van der Waals surface area contributed by atoms with Gasteiger partial charge >= 0.3 is 0 Å². The van der Waals surface area contributed by atoms with Gasteiger partial charge in [-0.2, -0.15) is 0 Å². The third kappa shape index (κ3) is 9.08. The number of carbonyl (C=O) groups is 1. The van der Waals surface area contributed by atoms with E-state index in [0.29, 0.717) is 23.4 Å². The van der Waals surface area contributed by atoms with Crippen molar-refractivity contribution in [1.82, 2.24) is 19.9 Å². The Kier molecular flexibility index (Phi) is 9.71. The van der Waals surface area contributed by atoms with Crippen LogP contribution in [-0.4, -0.2) is 70.7 Å². The standard InChI is InChI=1S/C28H37F2N5O3/c1-20-31-16-24(17-32-20)37-18-26(36)33-15-22-5-3-21(4-6-22)9-12-35-13-10-23-7-8-27(34-25(23)11-14-35)38-19-28(2,29)30/h7-8,15-17,21-22H,3-6,9-14,18-19H2,1-2H3. The van der Waals surface area contributed by atoms with Crippen molar-refractivity contribution in [2.45, 2.75) is 64.7 Å². The Morgan fingerprint density at radius 2 is 1.87 bits per heavy atom. The minimum atomic E-state index is -2.87. The molecule has 0 aromatic carbocycles. The monoisotopic (exact) mass is 529 g/mol. The third-order valence-corrected chi connectivity index (χ3v) is 7.17. The molecule has 4 rings (SSSR count). The fourth-order valence-corrected chi connectivity index (χ4v) is 4.93. The molecule has 2 aromatic rings. The van der Waals surface area contributed by atoms with Gasteiger partial charge in [0.1, 0.15) is 5.82 Å². The van der Waals surface area contributed by atoms with Crippen molar-refractivity contribution in [1.29, 1.82) is 0 Å². The highest BCUT2D eigenvalue weighted by Gasteiger charge is 2.24. The third-order valence-electron chi connectivity index (χ3n) is 7.17. The summed E-state index contributed by atoms with van der Waals surface area (Å²) in [6.07, 6.45) is 12.1. The van der Waals surface area contributed by atoms with Gasteiger partial charge in [-0.15, -0.1) is 0 Å². The zero-order valence-corrected chi connectivity index (χ0v) is 22.2. The van der Waals surface area contributed by atoms with Crippen LogP contribution in [0.2, 0.25) is 0 Å². The van der Waals surface area contributed by atoms with Crippen molar-refractivity contribution in [3.8, 4) is 11.6 Å². The lowest BCUT2D eigenvalue weighted by atomic mass is 9.81. The van der Waals surface area contributed by atoms with E-state index in [4.69, 9.17) is 9.47 Å². The van der Waals surface area contributed by atoms with Gasteiger partial charge in [-0.05, 0) is 69.4 Å². The Morgan fingerprint density at radius 1 is 1.13 bits per heavy atom. The molecule has 0 unspecified atom stereocenters. The van der Waals surface area contributed by atoms with Crippen LogP contribution in [0.25, 0.3) is 0 Å². The number of nitrogens with zero attached hydrogens (tertiary/aromatic N) is 5. The number of aliphatic imine (C=N–C) groups is 1. The van der Waals surface area contributed by atoms with E-state index >= 15 is 0 Å². The summed E-state index contributed by atoms with van der Waals surface area (Å²) in [6.45, 7) is 4.79. The van der Waals surface area contributed by atoms with Crippen LogP contribution in [0.3, 0.4) is 0 Å². The predicted octanol–water partition coefficient (Wildman–Crippen LogP) is 4.49. The molecule has 0 atom stereocenters. The summed E-state index contributed by atoms with van der Waals surface area (Å²) in [5, 5.41) is 0. The Labute approximate surface area is 222 Å². The number of hydrogen-bond donors (Lipinski definition) is 0. The van der Waals surface area contributed by atoms with Gasteiger partial charge in [0.2, 0.25) is 5.88 Å². The molecule has 206 valence electrons. The fourth-order valence-electron chi connectivity index (χ4n) is 4.93. The van der Waals surface area contributed by atoms with Gasteiger partial charge in [0.15, 0.2) is 19.0 Å². The molecule has 1 amide bonds. The highest BCUT2D eigenvalue weighted by molar-refractivity contribution is 5.86.